The SMILES string of the molecule is COc1cc(OC)cc(C2=NN(C(=O)c3ccco3)C(c3c(F)cccc3Cl)C2)c1. The first-order valence-corrected chi connectivity index (χ1v) is 9.51. The van der Waals surface area contributed by atoms with E-state index < -0.39 is 17.8 Å². The van der Waals surface area contributed by atoms with E-state index in [2.05, 4.69) is 5.10 Å². The van der Waals surface area contributed by atoms with Gasteiger partial charge >= 0.3 is 5.91 Å². The van der Waals surface area contributed by atoms with Gasteiger partial charge in [0.2, 0.25) is 0 Å². The highest BCUT2D eigenvalue weighted by Crippen LogP contribution is 2.39. The molecule has 0 saturated carbocycles. The van der Waals surface area contributed by atoms with Gasteiger partial charge in [0, 0.05) is 28.6 Å². The van der Waals surface area contributed by atoms with Crippen LogP contribution in [0.5, 0.6) is 11.5 Å². The quantitative estimate of drug-likeness (QED) is 0.568. The number of amides is 1. The lowest BCUT2D eigenvalue weighted by Gasteiger charge is -2.22. The summed E-state index contributed by atoms with van der Waals surface area (Å²) >= 11 is 6.30. The first kappa shape index (κ1) is 20.0. The molecule has 1 atom stereocenters. The lowest BCUT2D eigenvalue weighted by Crippen LogP contribution is -2.27. The van der Waals surface area contributed by atoms with Gasteiger partial charge in [0.05, 0.1) is 32.2 Å². The molecule has 1 amide bonds. The van der Waals surface area contributed by atoms with Crippen LogP contribution >= 0.6 is 11.6 Å². The molecule has 3 aromatic rings. The summed E-state index contributed by atoms with van der Waals surface area (Å²) in [4.78, 5) is 13.0. The molecule has 2 heterocycles. The molecular formula is C22H18ClFN2O4. The number of benzene rings is 2. The normalized spacial score (nSPS) is 15.8. The minimum absolute atomic E-state index is 0.0979. The molecule has 0 N–H and O–H groups in total. The molecule has 30 heavy (non-hydrogen) atoms. The number of carbonyl (C=O) groups excluding carboxylic acids is 1. The molecule has 0 saturated heterocycles. The summed E-state index contributed by atoms with van der Waals surface area (Å²) in [5.74, 6) is 0.242. The van der Waals surface area contributed by atoms with Crippen molar-refractivity contribution >= 4 is 23.2 Å². The van der Waals surface area contributed by atoms with E-state index in [0.717, 1.165) is 0 Å². The first-order chi connectivity index (χ1) is 14.5. The summed E-state index contributed by atoms with van der Waals surface area (Å²) in [7, 11) is 3.09. The number of methoxy groups -OCH3 is 2. The van der Waals surface area contributed by atoms with Crippen LogP contribution in [0.3, 0.4) is 0 Å². The van der Waals surface area contributed by atoms with Gasteiger partial charge in [-0.2, -0.15) is 5.10 Å². The van der Waals surface area contributed by atoms with E-state index in [9.17, 15) is 9.18 Å². The van der Waals surface area contributed by atoms with Gasteiger partial charge in [-0.3, -0.25) is 4.79 Å². The average molecular weight is 429 g/mol. The maximum absolute atomic E-state index is 14.7. The molecule has 1 aliphatic rings. The van der Waals surface area contributed by atoms with Crippen molar-refractivity contribution in [2.24, 2.45) is 5.10 Å². The topological polar surface area (TPSA) is 64.3 Å². The van der Waals surface area contributed by atoms with Crippen LogP contribution in [0.15, 0.2) is 64.3 Å². The van der Waals surface area contributed by atoms with E-state index in [4.69, 9.17) is 25.5 Å². The summed E-state index contributed by atoms with van der Waals surface area (Å²) in [5.41, 5.74) is 1.46. The third-order valence-electron chi connectivity index (χ3n) is 4.87. The van der Waals surface area contributed by atoms with Gasteiger partial charge in [-0.1, -0.05) is 17.7 Å². The Balaban J connectivity index is 1.80. The summed E-state index contributed by atoms with van der Waals surface area (Å²) in [5, 5.41) is 5.94. The van der Waals surface area contributed by atoms with Crippen molar-refractivity contribution in [2.45, 2.75) is 12.5 Å². The minimum atomic E-state index is -0.733. The van der Waals surface area contributed by atoms with Crippen molar-refractivity contribution in [1.82, 2.24) is 5.01 Å². The molecule has 8 heteroatoms. The number of carbonyl (C=O) groups is 1. The summed E-state index contributed by atoms with van der Waals surface area (Å²) in [6.07, 6.45) is 1.65. The van der Waals surface area contributed by atoms with Crippen molar-refractivity contribution in [1.29, 1.82) is 0 Å². The Kier molecular flexibility index (Phi) is 5.46. The third kappa shape index (κ3) is 3.64. The number of nitrogens with zero attached hydrogens (tertiary/aromatic N) is 2. The van der Waals surface area contributed by atoms with Gasteiger partial charge in [-0.25, -0.2) is 9.40 Å². The molecular weight excluding hydrogens is 411 g/mol. The van der Waals surface area contributed by atoms with Crippen molar-refractivity contribution in [3.8, 4) is 11.5 Å². The van der Waals surface area contributed by atoms with Crippen LogP contribution in [0.1, 0.15) is 34.1 Å². The van der Waals surface area contributed by atoms with E-state index in [-0.39, 0.29) is 22.8 Å². The van der Waals surface area contributed by atoms with Gasteiger partial charge in [0.25, 0.3) is 0 Å². The third-order valence-corrected chi connectivity index (χ3v) is 5.20. The zero-order valence-corrected chi connectivity index (χ0v) is 17.0. The van der Waals surface area contributed by atoms with Gasteiger partial charge in [0.1, 0.15) is 17.3 Å². The number of hydrazone groups is 1. The standard InChI is InChI=1S/C22H18ClFN2O4/c1-28-14-9-13(10-15(11-14)29-2)18-12-19(21-16(23)5-3-6-17(21)24)26(25-18)22(27)20-7-4-8-30-20/h3-11,19H,12H2,1-2H3. The van der Waals surface area contributed by atoms with Crippen LogP contribution in [0.4, 0.5) is 4.39 Å². The van der Waals surface area contributed by atoms with Crippen molar-refractivity contribution < 1.29 is 23.1 Å². The molecule has 0 fully saturated rings. The Bertz CT molecular complexity index is 1070. The Hall–Kier alpha value is -3.32. The molecule has 2 aromatic carbocycles. The van der Waals surface area contributed by atoms with E-state index in [1.807, 2.05) is 0 Å². The predicted molar refractivity (Wildman–Crippen MR) is 110 cm³/mol. The molecule has 4 rings (SSSR count). The van der Waals surface area contributed by atoms with E-state index >= 15 is 0 Å². The second kappa shape index (κ2) is 8.20. The molecule has 0 spiro atoms. The molecule has 6 nitrogen and oxygen atoms in total. The fraction of sp³-hybridized carbons (Fsp3) is 0.182. The Morgan fingerprint density at radius 1 is 1.17 bits per heavy atom. The van der Waals surface area contributed by atoms with E-state index in [1.165, 1.54) is 29.5 Å². The smallest absolute Gasteiger partial charge is 0.310 e. The number of rotatable bonds is 5. The highest BCUT2D eigenvalue weighted by atomic mass is 35.5. The second-order valence-electron chi connectivity index (χ2n) is 6.63. The largest absolute Gasteiger partial charge is 0.497 e. The monoisotopic (exact) mass is 428 g/mol. The van der Waals surface area contributed by atoms with Crippen molar-refractivity contribution in [2.75, 3.05) is 14.2 Å². The molecule has 0 aliphatic carbocycles. The first-order valence-electron chi connectivity index (χ1n) is 9.13. The lowest BCUT2D eigenvalue weighted by molar-refractivity contribution is 0.0676. The van der Waals surface area contributed by atoms with Gasteiger partial charge in [-0.15, -0.1) is 0 Å². The Morgan fingerprint density at radius 3 is 2.50 bits per heavy atom. The molecule has 1 unspecified atom stereocenters. The fourth-order valence-electron chi connectivity index (χ4n) is 3.41. The molecule has 154 valence electrons. The fourth-order valence-corrected chi connectivity index (χ4v) is 3.70. The second-order valence-corrected chi connectivity index (χ2v) is 7.04. The van der Waals surface area contributed by atoms with Crippen molar-refractivity contribution in [3.05, 3.63) is 82.5 Å². The van der Waals surface area contributed by atoms with Crippen LogP contribution in [0, 0.1) is 5.82 Å². The van der Waals surface area contributed by atoms with Crippen molar-refractivity contribution in [3.63, 3.8) is 0 Å². The lowest BCUT2D eigenvalue weighted by atomic mass is 9.97. The molecule has 0 radical (unpaired) electrons. The summed E-state index contributed by atoms with van der Waals surface area (Å²) in [6.45, 7) is 0. The highest BCUT2D eigenvalue weighted by molar-refractivity contribution is 6.31. The van der Waals surface area contributed by atoms with Gasteiger partial charge in [-0.05, 0) is 36.4 Å². The van der Waals surface area contributed by atoms with Gasteiger partial charge < -0.3 is 13.9 Å². The average Bonchev–Trinajstić information content (AvgIpc) is 3.43. The van der Waals surface area contributed by atoms with E-state index in [1.54, 1.807) is 44.6 Å². The van der Waals surface area contributed by atoms with Crippen LogP contribution in [-0.2, 0) is 0 Å². The summed E-state index contributed by atoms with van der Waals surface area (Å²) in [6, 6.07) is 12.1. The number of hydrogen-bond acceptors (Lipinski definition) is 5. The van der Waals surface area contributed by atoms with Gasteiger partial charge in [0.15, 0.2) is 5.76 Å². The van der Waals surface area contributed by atoms with Crippen LogP contribution < -0.4 is 9.47 Å². The predicted octanol–water partition coefficient (Wildman–Crippen LogP) is 5.08. The maximum atomic E-state index is 14.7. The van der Waals surface area contributed by atoms with Crippen LogP contribution in [-0.4, -0.2) is 30.8 Å². The van der Waals surface area contributed by atoms with E-state index in [0.29, 0.717) is 22.8 Å². The zero-order valence-electron chi connectivity index (χ0n) is 16.3. The highest BCUT2D eigenvalue weighted by Gasteiger charge is 2.37. The minimum Gasteiger partial charge on any atom is -0.497 e. The Morgan fingerprint density at radius 2 is 1.90 bits per heavy atom. The number of hydrogen-bond donors (Lipinski definition) is 0. The zero-order chi connectivity index (χ0) is 21.3. The number of halogens is 2. The Labute approximate surface area is 177 Å². The maximum Gasteiger partial charge on any atom is 0.310 e. The molecule has 1 aliphatic heterocycles. The number of furan rings is 1. The molecule has 0 bridgehead atoms. The van der Waals surface area contributed by atoms with Crippen LogP contribution in [0.25, 0.3) is 0 Å². The molecule has 1 aromatic heterocycles. The van der Waals surface area contributed by atoms with Crippen LogP contribution in [0.2, 0.25) is 5.02 Å². The number of ether oxygens (including phenoxy) is 2. The summed E-state index contributed by atoms with van der Waals surface area (Å²) < 4.78 is 30.6.